The Hall–Kier alpha value is -1.88. The Morgan fingerprint density at radius 1 is 1.04 bits per heavy atom. The van der Waals surface area contributed by atoms with Crippen molar-refractivity contribution in [1.82, 2.24) is 15.5 Å². The molecule has 1 fully saturated rings. The third-order valence-electron chi connectivity index (χ3n) is 4.68. The van der Waals surface area contributed by atoms with E-state index in [1.54, 1.807) is 0 Å². The quantitative estimate of drug-likeness (QED) is 0.746. The third-order valence-corrected chi connectivity index (χ3v) is 4.93. The van der Waals surface area contributed by atoms with Crippen molar-refractivity contribution in [2.75, 3.05) is 25.0 Å². The first-order chi connectivity index (χ1) is 11.8. The van der Waals surface area contributed by atoms with Crippen LogP contribution in [0.1, 0.15) is 6.42 Å². The lowest BCUT2D eigenvalue weighted by Gasteiger charge is -2.19. The monoisotopic (exact) mass is 374 g/mol. The fourth-order valence-electron chi connectivity index (χ4n) is 3.33. The molecular weight excluding hydrogens is 355 g/mol. The van der Waals surface area contributed by atoms with Crippen molar-refractivity contribution >= 4 is 40.6 Å². The van der Waals surface area contributed by atoms with Crippen LogP contribution < -0.4 is 10.2 Å². The molecule has 1 N–H and O–H groups in total. The van der Waals surface area contributed by atoms with E-state index in [0.29, 0.717) is 6.04 Å². The van der Waals surface area contributed by atoms with Crippen LogP contribution in [0.15, 0.2) is 48.5 Å². The van der Waals surface area contributed by atoms with Crippen molar-refractivity contribution in [3.8, 4) is 11.3 Å². The lowest BCUT2D eigenvalue weighted by molar-refractivity contribution is 0.616. The van der Waals surface area contributed by atoms with Crippen LogP contribution in [0.4, 0.5) is 5.82 Å². The summed E-state index contributed by atoms with van der Waals surface area (Å²) < 4.78 is 0. The lowest BCUT2D eigenvalue weighted by Crippen LogP contribution is -2.30. The molecule has 4 nitrogen and oxygen atoms in total. The average Bonchev–Trinajstić information content (AvgIpc) is 3.10. The Kier molecular flexibility index (Phi) is 5.42. The van der Waals surface area contributed by atoms with Crippen LogP contribution in [0.2, 0.25) is 5.02 Å². The molecule has 0 saturated carbocycles. The number of benzene rings is 2. The molecule has 1 aliphatic rings. The predicted octanol–water partition coefficient (Wildman–Crippen LogP) is 4.17. The molecule has 6 heteroatoms. The molecule has 130 valence electrons. The number of rotatable bonds is 3. The van der Waals surface area contributed by atoms with Crippen LogP contribution in [-0.4, -0.2) is 36.4 Å². The van der Waals surface area contributed by atoms with E-state index in [9.17, 15) is 0 Å². The zero-order valence-corrected chi connectivity index (χ0v) is 15.5. The van der Waals surface area contributed by atoms with Gasteiger partial charge in [0.2, 0.25) is 0 Å². The van der Waals surface area contributed by atoms with E-state index in [1.165, 1.54) is 0 Å². The number of anilines is 1. The van der Waals surface area contributed by atoms with Crippen LogP contribution in [0.25, 0.3) is 22.0 Å². The van der Waals surface area contributed by atoms with E-state index in [0.717, 1.165) is 52.4 Å². The molecule has 1 atom stereocenters. The van der Waals surface area contributed by atoms with Crippen LogP contribution in [0.3, 0.4) is 0 Å². The first kappa shape index (κ1) is 17.9. The molecule has 1 aromatic heterocycles. The number of nitrogens with zero attached hydrogens (tertiary/aromatic N) is 3. The van der Waals surface area contributed by atoms with Gasteiger partial charge in [0.15, 0.2) is 5.82 Å². The Morgan fingerprint density at radius 2 is 1.76 bits per heavy atom. The second kappa shape index (κ2) is 7.56. The minimum Gasteiger partial charge on any atom is -0.353 e. The van der Waals surface area contributed by atoms with E-state index >= 15 is 0 Å². The molecule has 2 aromatic carbocycles. The SMILES string of the molecule is CNC1CCN(c2nnc(-c3ccc(Cl)cc3)c3ccccc23)C1.Cl. The highest BCUT2D eigenvalue weighted by Crippen LogP contribution is 2.32. The van der Waals surface area contributed by atoms with Gasteiger partial charge in [-0.25, -0.2) is 0 Å². The van der Waals surface area contributed by atoms with Gasteiger partial charge in [-0.3, -0.25) is 0 Å². The van der Waals surface area contributed by atoms with Crippen molar-refractivity contribution in [2.24, 2.45) is 0 Å². The smallest absolute Gasteiger partial charge is 0.159 e. The molecule has 0 amide bonds. The maximum absolute atomic E-state index is 6.01. The summed E-state index contributed by atoms with van der Waals surface area (Å²) in [5, 5.41) is 15.5. The van der Waals surface area contributed by atoms with Gasteiger partial charge in [0.1, 0.15) is 5.69 Å². The predicted molar refractivity (Wildman–Crippen MR) is 107 cm³/mol. The summed E-state index contributed by atoms with van der Waals surface area (Å²) in [5.74, 6) is 0.973. The Morgan fingerprint density at radius 3 is 2.44 bits per heavy atom. The zero-order chi connectivity index (χ0) is 16.5. The van der Waals surface area contributed by atoms with Gasteiger partial charge >= 0.3 is 0 Å². The molecule has 25 heavy (non-hydrogen) atoms. The molecule has 3 aromatic rings. The first-order valence-electron chi connectivity index (χ1n) is 8.20. The summed E-state index contributed by atoms with van der Waals surface area (Å²) in [6.45, 7) is 1.97. The topological polar surface area (TPSA) is 41.0 Å². The number of nitrogens with one attached hydrogen (secondary N) is 1. The fourth-order valence-corrected chi connectivity index (χ4v) is 3.46. The summed E-state index contributed by atoms with van der Waals surface area (Å²) in [6, 6.07) is 16.6. The highest BCUT2D eigenvalue weighted by atomic mass is 35.5. The van der Waals surface area contributed by atoms with E-state index in [-0.39, 0.29) is 12.4 Å². The van der Waals surface area contributed by atoms with Crippen LogP contribution in [0.5, 0.6) is 0 Å². The number of aromatic nitrogens is 2. The summed E-state index contributed by atoms with van der Waals surface area (Å²) in [7, 11) is 2.02. The van der Waals surface area contributed by atoms with Crippen molar-refractivity contribution in [2.45, 2.75) is 12.5 Å². The summed E-state index contributed by atoms with van der Waals surface area (Å²) in [5.41, 5.74) is 1.93. The maximum Gasteiger partial charge on any atom is 0.159 e. The van der Waals surface area contributed by atoms with Gasteiger partial charge < -0.3 is 10.2 Å². The molecular formula is C19H20Cl2N4. The molecule has 0 spiro atoms. The number of halogens is 2. The Bertz CT molecular complexity index is 867. The van der Waals surface area contributed by atoms with Crippen molar-refractivity contribution in [1.29, 1.82) is 0 Å². The molecule has 0 aliphatic carbocycles. The molecule has 0 radical (unpaired) electrons. The van der Waals surface area contributed by atoms with E-state index in [1.807, 2.05) is 37.4 Å². The average molecular weight is 375 g/mol. The number of hydrogen-bond donors (Lipinski definition) is 1. The minimum atomic E-state index is 0. The maximum atomic E-state index is 6.01. The minimum absolute atomic E-state index is 0. The fraction of sp³-hybridized carbons (Fsp3) is 0.263. The summed E-state index contributed by atoms with van der Waals surface area (Å²) in [6.07, 6.45) is 1.13. The normalized spacial score (nSPS) is 16.9. The number of hydrogen-bond acceptors (Lipinski definition) is 4. The molecule has 1 saturated heterocycles. The third kappa shape index (κ3) is 3.43. The van der Waals surface area contributed by atoms with Gasteiger partial charge in [-0.1, -0.05) is 48.0 Å². The van der Waals surface area contributed by atoms with E-state index < -0.39 is 0 Å². The molecule has 0 bridgehead atoms. The summed E-state index contributed by atoms with van der Waals surface area (Å²) in [4.78, 5) is 2.32. The standard InChI is InChI=1S/C19H19ClN4.ClH/c1-21-15-10-11-24(12-15)19-17-5-3-2-4-16(17)18(22-23-19)13-6-8-14(20)9-7-13;/h2-9,15,21H,10-12H2,1H3;1H. The van der Waals surface area contributed by atoms with Gasteiger partial charge in [-0.2, -0.15) is 0 Å². The molecule has 1 aliphatic heterocycles. The van der Waals surface area contributed by atoms with Gasteiger partial charge in [-0.15, -0.1) is 22.6 Å². The second-order valence-electron chi connectivity index (χ2n) is 6.14. The van der Waals surface area contributed by atoms with Crippen LogP contribution >= 0.6 is 24.0 Å². The van der Waals surface area contributed by atoms with Crippen molar-refractivity contribution in [3.05, 3.63) is 53.6 Å². The zero-order valence-electron chi connectivity index (χ0n) is 13.9. The lowest BCUT2D eigenvalue weighted by atomic mass is 10.0. The Labute approximate surface area is 158 Å². The molecule has 1 unspecified atom stereocenters. The molecule has 2 heterocycles. The first-order valence-corrected chi connectivity index (χ1v) is 8.57. The van der Waals surface area contributed by atoms with E-state index in [2.05, 4.69) is 38.6 Å². The number of likely N-dealkylation sites (N-methyl/N-ethyl adjacent to an activating group) is 1. The van der Waals surface area contributed by atoms with Crippen molar-refractivity contribution < 1.29 is 0 Å². The van der Waals surface area contributed by atoms with Gasteiger partial charge in [-0.05, 0) is 25.6 Å². The Balaban J connectivity index is 0.00000182. The van der Waals surface area contributed by atoms with Crippen LogP contribution in [0, 0.1) is 0 Å². The largest absolute Gasteiger partial charge is 0.353 e. The van der Waals surface area contributed by atoms with Gasteiger partial charge in [0.25, 0.3) is 0 Å². The second-order valence-corrected chi connectivity index (χ2v) is 6.58. The highest BCUT2D eigenvalue weighted by Gasteiger charge is 2.24. The van der Waals surface area contributed by atoms with Gasteiger partial charge in [0, 0.05) is 40.5 Å². The number of fused-ring (bicyclic) bond motifs is 1. The van der Waals surface area contributed by atoms with Crippen molar-refractivity contribution in [3.63, 3.8) is 0 Å². The van der Waals surface area contributed by atoms with E-state index in [4.69, 9.17) is 11.6 Å². The highest BCUT2D eigenvalue weighted by molar-refractivity contribution is 6.30. The summed E-state index contributed by atoms with van der Waals surface area (Å²) >= 11 is 6.01. The molecule has 4 rings (SSSR count). The van der Waals surface area contributed by atoms with Gasteiger partial charge in [0.05, 0.1) is 0 Å². The van der Waals surface area contributed by atoms with Crippen LogP contribution in [-0.2, 0) is 0 Å².